The maximum Gasteiger partial charge on any atom is 0.407 e. The lowest BCUT2D eigenvalue weighted by molar-refractivity contribution is -0.156. The minimum atomic E-state index is -4.43. The van der Waals surface area contributed by atoms with Crippen LogP contribution in [0, 0.1) is 0 Å². The number of nitrogens with one attached hydrogen (secondary N) is 1. The Morgan fingerprint density at radius 2 is 1.79 bits per heavy atom. The third kappa shape index (κ3) is 3.06. The van der Waals surface area contributed by atoms with E-state index in [0.29, 0.717) is 31.1 Å². The molecule has 0 saturated heterocycles. The van der Waals surface area contributed by atoms with Gasteiger partial charge in [-0.05, 0) is 13.1 Å². The van der Waals surface area contributed by atoms with Gasteiger partial charge >= 0.3 is 6.18 Å². The molecule has 1 unspecified atom stereocenters. The van der Waals surface area contributed by atoms with Crippen LogP contribution in [-0.2, 0) is 0 Å². The molecule has 0 amide bonds. The first kappa shape index (κ1) is 14.3. The molecule has 1 aliphatic rings. The minimum absolute atomic E-state index is 0.000856. The molecule has 106 valence electrons. The summed E-state index contributed by atoms with van der Waals surface area (Å²) in [5, 5.41) is 2.22. The molecule has 1 atom stereocenters. The predicted molar refractivity (Wildman–Crippen MR) is 64.9 cm³/mol. The Balaban J connectivity index is 2.43. The van der Waals surface area contributed by atoms with E-state index < -0.39 is 12.2 Å². The molecule has 3 nitrogen and oxygen atoms in total. The van der Waals surface area contributed by atoms with Gasteiger partial charge in [0.1, 0.15) is 6.04 Å². The Morgan fingerprint density at radius 1 is 1.21 bits per heavy atom. The Kier molecular flexibility index (Phi) is 4.10. The van der Waals surface area contributed by atoms with Gasteiger partial charge in [-0.1, -0.05) is 11.6 Å². The summed E-state index contributed by atoms with van der Waals surface area (Å²) in [7, 11) is 1.23. The molecule has 1 aliphatic heterocycles. The summed E-state index contributed by atoms with van der Waals surface area (Å²) in [5.74, 6) is 0.671. The Bertz CT molecular complexity index is 465. The van der Waals surface area contributed by atoms with Crippen molar-refractivity contribution in [2.45, 2.75) is 18.6 Å². The number of halogens is 4. The molecule has 2 rings (SSSR count). The first-order valence-electron chi connectivity index (χ1n) is 5.76. The van der Waals surface area contributed by atoms with E-state index in [-0.39, 0.29) is 10.6 Å². The quantitative estimate of drug-likeness (QED) is 0.908. The summed E-state index contributed by atoms with van der Waals surface area (Å²) in [6.07, 6.45) is -3.76. The van der Waals surface area contributed by atoms with Gasteiger partial charge in [0.15, 0.2) is 11.5 Å². The molecule has 0 aliphatic carbocycles. The van der Waals surface area contributed by atoms with Gasteiger partial charge in [0.05, 0.1) is 13.2 Å². The topological polar surface area (TPSA) is 30.5 Å². The first-order valence-corrected chi connectivity index (χ1v) is 6.14. The fraction of sp³-hybridized carbons (Fsp3) is 0.500. The van der Waals surface area contributed by atoms with Crippen molar-refractivity contribution in [2.75, 3.05) is 20.3 Å². The summed E-state index contributed by atoms with van der Waals surface area (Å²) in [5.41, 5.74) is -0.0686. The SMILES string of the molecule is CNC(c1cc2c(cc1Cl)OCCCO2)C(F)(F)F. The number of ether oxygens (including phenoxy) is 2. The third-order valence-electron chi connectivity index (χ3n) is 2.79. The molecule has 1 heterocycles. The van der Waals surface area contributed by atoms with Crippen LogP contribution in [0.5, 0.6) is 11.5 Å². The zero-order valence-corrected chi connectivity index (χ0v) is 10.9. The van der Waals surface area contributed by atoms with Crippen molar-refractivity contribution in [3.05, 3.63) is 22.7 Å². The molecule has 19 heavy (non-hydrogen) atoms. The molecule has 0 bridgehead atoms. The highest BCUT2D eigenvalue weighted by Gasteiger charge is 2.41. The number of benzene rings is 1. The van der Waals surface area contributed by atoms with Crippen LogP contribution in [0.4, 0.5) is 13.2 Å². The number of fused-ring (bicyclic) bond motifs is 1. The molecule has 0 saturated carbocycles. The van der Waals surface area contributed by atoms with Crippen LogP contribution in [0.25, 0.3) is 0 Å². The molecule has 7 heteroatoms. The summed E-state index contributed by atoms with van der Waals surface area (Å²) >= 11 is 5.92. The monoisotopic (exact) mass is 295 g/mol. The molecule has 1 N–H and O–H groups in total. The normalized spacial score (nSPS) is 16.9. The second-order valence-corrected chi connectivity index (χ2v) is 4.54. The maximum atomic E-state index is 12.9. The zero-order chi connectivity index (χ0) is 14.0. The largest absolute Gasteiger partial charge is 0.490 e. The van der Waals surface area contributed by atoms with Gasteiger partial charge in [0.25, 0.3) is 0 Å². The smallest absolute Gasteiger partial charge is 0.407 e. The van der Waals surface area contributed by atoms with Crippen LogP contribution < -0.4 is 14.8 Å². The average Bonchev–Trinajstić information content (AvgIpc) is 2.53. The lowest BCUT2D eigenvalue weighted by Gasteiger charge is -2.22. The van der Waals surface area contributed by atoms with Gasteiger partial charge in [-0.2, -0.15) is 13.2 Å². The van der Waals surface area contributed by atoms with Crippen LogP contribution in [0.3, 0.4) is 0 Å². The fourth-order valence-corrected chi connectivity index (χ4v) is 2.18. The van der Waals surface area contributed by atoms with Crippen molar-refractivity contribution in [1.29, 1.82) is 0 Å². The van der Waals surface area contributed by atoms with Crippen molar-refractivity contribution in [1.82, 2.24) is 5.32 Å². The Labute approximate surface area is 113 Å². The first-order chi connectivity index (χ1) is 8.93. The predicted octanol–water partition coefficient (Wildman–Crippen LogP) is 3.32. The van der Waals surface area contributed by atoms with E-state index in [0.717, 1.165) is 0 Å². The Morgan fingerprint density at radius 3 is 2.32 bits per heavy atom. The molecular weight excluding hydrogens is 283 g/mol. The Hall–Kier alpha value is -1.14. The fourth-order valence-electron chi connectivity index (χ4n) is 1.92. The molecule has 0 radical (unpaired) electrons. The van der Waals surface area contributed by atoms with E-state index in [1.165, 1.54) is 19.2 Å². The van der Waals surface area contributed by atoms with Crippen molar-refractivity contribution in [3.8, 4) is 11.5 Å². The third-order valence-corrected chi connectivity index (χ3v) is 3.12. The second-order valence-electron chi connectivity index (χ2n) is 4.13. The lowest BCUT2D eigenvalue weighted by atomic mass is 10.1. The van der Waals surface area contributed by atoms with Crippen molar-refractivity contribution in [3.63, 3.8) is 0 Å². The standard InChI is InChI=1S/C12H13ClF3NO2/c1-17-11(12(14,15)16)7-5-9-10(6-8(7)13)19-4-2-3-18-9/h5-6,11,17H,2-4H2,1H3. The number of hydrogen-bond acceptors (Lipinski definition) is 3. The minimum Gasteiger partial charge on any atom is -0.490 e. The molecule has 1 aromatic rings. The van der Waals surface area contributed by atoms with E-state index >= 15 is 0 Å². The van der Waals surface area contributed by atoms with Crippen LogP contribution in [0.2, 0.25) is 5.02 Å². The van der Waals surface area contributed by atoms with Gasteiger partial charge in [0.2, 0.25) is 0 Å². The van der Waals surface area contributed by atoms with E-state index in [1.54, 1.807) is 0 Å². The van der Waals surface area contributed by atoms with Gasteiger partial charge in [0, 0.05) is 23.1 Å². The van der Waals surface area contributed by atoms with Gasteiger partial charge < -0.3 is 14.8 Å². The lowest BCUT2D eigenvalue weighted by Crippen LogP contribution is -2.31. The number of hydrogen-bond donors (Lipinski definition) is 1. The van der Waals surface area contributed by atoms with Crippen LogP contribution >= 0.6 is 11.6 Å². The van der Waals surface area contributed by atoms with Crippen molar-refractivity contribution in [2.24, 2.45) is 0 Å². The van der Waals surface area contributed by atoms with E-state index in [1.807, 2.05) is 0 Å². The van der Waals surface area contributed by atoms with E-state index in [2.05, 4.69) is 5.32 Å². The highest BCUT2D eigenvalue weighted by molar-refractivity contribution is 6.31. The highest BCUT2D eigenvalue weighted by Crippen LogP contribution is 2.41. The van der Waals surface area contributed by atoms with Crippen LogP contribution in [-0.4, -0.2) is 26.4 Å². The summed E-state index contributed by atoms with van der Waals surface area (Å²) in [6.45, 7) is 0.863. The number of alkyl halides is 3. The van der Waals surface area contributed by atoms with E-state index in [4.69, 9.17) is 21.1 Å². The number of rotatable bonds is 2. The van der Waals surface area contributed by atoms with E-state index in [9.17, 15) is 13.2 Å². The maximum absolute atomic E-state index is 12.9. The highest BCUT2D eigenvalue weighted by atomic mass is 35.5. The molecule has 0 spiro atoms. The summed E-state index contributed by atoms with van der Waals surface area (Å²) in [6, 6.07) is 0.822. The van der Waals surface area contributed by atoms with Gasteiger partial charge in [-0.15, -0.1) is 0 Å². The molecule has 0 fully saturated rings. The average molecular weight is 296 g/mol. The van der Waals surface area contributed by atoms with Gasteiger partial charge in [-0.25, -0.2) is 0 Å². The van der Waals surface area contributed by atoms with Crippen molar-refractivity contribution >= 4 is 11.6 Å². The second kappa shape index (κ2) is 5.46. The summed E-state index contributed by atoms with van der Waals surface area (Å²) < 4.78 is 49.5. The zero-order valence-electron chi connectivity index (χ0n) is 10.2. The molecule has 0 aromatic heterocycles. The molecule has 1 aromatic carbocycles. The molecular formula is C12H13ClF3NO2. The van der Waals surface area contributed by atoms with Crippen LogP contribution in [0.1, 0.15) is 18.0 Å². The summed E-state index contributed by atoms with van der Waals surface area (Å²) in [4.78, 5) is 0. The van der Waals surface area contributed by atoms with Crippen LogP contribution in [0.15, 0.2) is 12.1 Å². The van der Waals surface area contributed by atoms with Gasteiger partial charge in [-0.3, -0.25) is 0 Å². The van der Waals surface area contributed by atoms with Crippen molar-refractivity contribution < 1.29 is 22.6 Å².